The van der Waals surface area contributed by atoms with Crippen molar-refractivity contribution in [3.05, 3.63) is 47.5 Å². The van der Waals surface area contributed by atoms with Gasteiger partial charge in [0.2, 0.25) is 0 Å². The average Bonchev–Trinajstić information content (AvgIpc) is 2.26. The topological polar surface area (TPSA) is 26.3 Å². The summed E-state index contributed by atoms with van der Waals surface area (Å²) in [4.78, 5) is 10.8. The van der Waals surface area contributed by atoms with Gasteiger partial charge >= 0.3 is 5.97 Å². The minimum absolute atomic E-state index is 0.198. The smallest absolute Gasteiger partial charge is 0.309 e. The lowest BCUT2D eigenvalue weighted by molar-refractivity contribution is -0.139. The predicted molar refractivity (Wildman–Crippen MR) is 60.7 cm³/mol. The van der Waals surface area contributed by atoms with Crippen LogP contribution in [0, 0.1) is 6.92 Å². The number of methoxy groups -OCH3 is 1. The molecule has 0 radical (unpaired) electrons. The highest BCUT2D eigenvalue weighted by molar-refractivity contribution is 5.70. The average molecular weight is 204 g/mol. The number of hydrogen-bond donors (Lipinski definition) is 0. The number of ether oxygens (including phenoxy) is 1. The second kappa shape index (κ2) is 6.02. The number of carbonyl (C=O) groups is 1. The number of aryl methyl sites for hydroxylation is 1. The van der Waals surface area contributed by atoms with Crippen LogP contribution in [0.4, 0.5) is 0 Å². The van der Waals surface area contributed by atoms with Crippen molar-refractivity contribution in [3.8, 4) is 0 Å². The SMILES string of the molecule is COC(=O)C/C=C\Cc1ccccc1C. The van der Waals surface area contributed by atoms with Gasteiger partial charge < -0.3 is 4.74 Å². The summed E-state index contributed by atoms with van der Waals surface area (Å²) in [5.41, 5.74) is 2.57. The van der Waals surface area contributed by atoms with Gasteiger partial charge in [-0.1, -0.05) is 36.4 Å². The first-order valence-corrected chi connectivity index (χ1v) is 5.00. The van der Waals surface area contributed by atoms with Crippen molar-refractivity contribution >= 4 is 5.97 Å². The third kappa shape index (κ3) is 3.98. The molecule has 0 atom stereocenters. The van der Waals surface area contributed by atoms with Crippen LogP contribution < -0.4 is 0 Å². The molecule has 0 bridgehead atoms. The molecule has 0 aliphatic heterocycles. The van der Waals surface area contributed by atoms with Crippen LogP contribution >= 0.6 is 0 Å². The number of carbonyl (C=O) groups excluding carboxylic acids is 1. The molecule has 1 aromatic rings. The number of hydrogen-bond acceptors (Lipinski definition) is 2. The molecule has 0 aliphatic rings. The summed E-state index contributed by atoms with van der Waals surface area (Å²) in [5.74, 6) is -0.198. The van der Waals surface area contributed by atoms with Gasteiger partial charge in [-0.15, -0.1) is 0 Å². The van der Waals surface area contributed by atoms with E-state index in [1.807, 2.05) is 24.3 Å². The Morgan fingerprint density at radius 3 is 2.73 bits per heavy atom. The first-order chi connectivity index (χ1) is 7.24. The third-order valence-corrected chi connectivity index (χ3v) is 2.28. The summed E-state index contributed by atoms with van der Waals surface area (Å²) in [7, 11) is 1.40. The molecule has 0 saturated carbocycles. The molecule has 0 heterocycles. The fourth-order valence-electron chi connectivity index (χ4n) is 1.31. The predicted octanol–water partition coefficient (Wildman–Crippen LogP) is 2.66. The van der Waals surface area contributed by atoms with Gasteiger partial charge in [0.15, 0.2) is 0 Å². The molecule has 0 fully saturated rings. The first-order valence-electron chi connectivity index (χ1n) is 5.00. The van der Waals surface area contributed by atoms with Crippen molar-refractivity contribution in [1.82, 2.24) is 0 Å². The maximum absolute atomic E-state index is 10.8. The molecule has 2 heteroatoms. The van der Waals surface area contributed by atoms with Crippen molar-refractivity contribution in [1.29, 1.82) is 0 Å². The van der Waals surface area contributed by atoms with Crippen LogP contribution in [0.1, 0.15) is 17.5 Å². The first kappa shape index (κ1) is 11.5. The van der Waals surface area contributed by atoms with Crippen LogP contribution in [0.25, 0.3) is 0 Å². The van der Waals surface area contributed by atoms with Crippen molar-refractivity contribution in [2.24, 2.45) is 0 Å². The van der Waals surface area contributed by atoms with Crippen LogP contribution in [0.5, 0.6) is 0 Å². The van der Waals surface area contributed by atoms with E-state index in [9.17, 15) is 4.79 Å². The zero-order valence-corrected chi connectivity index (χ0v) is 9.19. The lowest BCUT2D eigenvalue weighted by Gasteiger charge is -2.00. The maximum Gasteiger partial charge on any atom is 0.309 e. The molecule has 80 valence electrons. The van der Waals surface area contributed by atoms with E-state index in [1.165, 1.54) is 18.2 Å². The summed E-state index contributed by atoms with van der Waals surface area (Å²) in [6.45, 7) is 2.09. The van der Waals surface area contributed by atoms with Gasteiger partial charge in [0.1, 0.15) is 0 Å². The van der Waals surface area contributed by atoms with Crippen LogP contribution in [0.15, 0.2) is 36.4 Å². The molecule has 0 amide bonds. The number of esters is 1. The lowest BCUT2D eigenvalue weighted by atomic mass is 10.1. The van der Waals surface area contributed by atoms with E-state index in [4.69, 9.17) is 0 Å². The molecule has 0 spiro atoms. The van der Waals surface area contributed by atoms with Crippen molar-refractivity contribution < 1.29 is 9.53 Å². The summed E-state index contributed by atoms with van der Waals surface area (Å²) >= 11 is 0. The van der Waals surface area contributed by atoms with Gasteiger partial charge in [0.05, 0.1) is 13.5 Å². The Morgan fingerprint density at radius 2 is 2.07 bits per heavy atom. The van der Waals surface area contributed by atoms with E-state index in [-0.39, 0.29) is 5.97 Å². The Labute approximate surface area is 90.6 Å². The van der Waals surface area contributed by atoms with E-state index < -0.39 is 0 Å². The Morgan fingerprint density at radius 1 is 1.33 bits per heavy atom. The van der Waals surface area contributed by atoms with Crippen molar-refractivity contribution in [2.45, 2.75) is 19.8 Å². The van der Waals surface area contributed by atoms with E-state index in [0.29, 0.717) is 6.42 Å². The lowest BCUT2D eigenvalue weighted by Crippen LogP contribution is -1.96. The summed E-state index contributed by atoms with van der Waals surface area (Å²) in [6.07, 6.45) is 5.06. The van der Waals surface area contributed by atoms with Gasteiger partial charge in [-0.2, -0.15) is 0 Å². The Balaban J connectivity index is 2.44. The number of rotatable bonds is 4. The molecule has 0 aliphatic carbocycles. The van der Waals surface area contributed by atoms with E-state index in [1.54, 1.807) is 0 Å². The Bertz CT molecular complexity index is 353. The van der Waals surface area contributed by atoms with Crippen LogP contribution in [-0.4, -0.2) is 13.1 Å². The molecule has 0 aromatic heterocycles. The van der Waals surface area contributed by atoms with E-state index in [2.05, 4.69) is 23.8 Å². The van der Waals surface area contributed by atoms with Gasteiger partial charge in [-0.05, 0) is 24.5 Å². The number of allylic oxidation sites excluding steroid dienone is 1. The fourth-order valence-corrected chi connectivity index (χ4v) is 1.31. The number of benzene rings is 1. The van der Waals surface area contributed by atoms with E-state index >= 15 is 0 Å². The summed E-state index contributed by atoms with van der Waals surface area (Å²) < 4.78 is 4.54. The van der Waals surface area contributed by atoms with Gasteiger partial charge in [-0.25, -0.2) is 0 Å². The normalized spacial score (nSPS) is 10.5. The molecule has 15 heavy (non-hydrogen) atoms. The maximum atomic E-state index is 10.8. The monoisotopic (exact) mass is 204 g/mol. The fraction of sp³-hybridized carbons (Fsp3) is 0.308. The second-order valence-corrected chi connectivity index (χ2v) is 3.38. The summed E-state index contributed by atoms with van der Waals surface area (Å²) in [5, 5.41) is 0. The quantitative estimate of drug-likeness (QED) is 0.556. The molecule has 1 rings (SSSR count). The highest BCUT2D eigenvalue weighted by Crippen LogP contribution is 2.08. The minimum Gasteiger partial charge on any atom is -0.469 e. The second-order valence-electron chi connectivity index (χ2n) is 3.38. The molecule has 0 unspecified atom stereocenters. The molecule has 2 nitrogen and oxygen atoms in total. The largest absolute Gasteiger partial charge is 0.469 e. The van der Waals surface area contributed by atoms with Gasteiger partial charge in [-0.3, -0.25) is 4.79 Å². The molecular weight excluding hydrogens is 188 g/mol. The van der Waals surface area contributed by atoms with Gasteiger partial charge in [0.25, 0.3) is 0 Å². The highest BCUT2D eigenvalue weighted by Gasteiger charge is 1.95. The zero-order valence-electron chi connectivity index (χ0n) is 9.19. The van der Waals surface area contributed by atoms with Crippen LogP contribution in [-0.2, 0) is 16.0 Å². The van der Waals surface area contributed by atoms with Gasteiger partial charge in [0, 0.05) is 0 Å². The standard InChI is InChI=1S/C13H16O2/c1-11-7-3-4-8-12(11)9-5-6-10-13(14)15-2/h3-8H,9-10H2,1-2H3/b6-5-. The zero-order chi connectivity index (χ0) is 11.1. The van der Waals surface area contributed by atoms with Crippen molar-refractivity contribution in [2.75, 3.05) is 7.11 Å². The molecule has 1 aromatic carbocycles. The van der Waals surface area contributed by atoms with Crippen LogP contribution in [0.3, 0.4) is 0 Å². The van der Waals surface area contributed by atoms with E-state index in [0.717, 1.165) is 6.42 Å². The highest BCUT2D eigenvalue weighted by atomic mass is 16.5. The molecular formula is C13H16O2. The molecule has 0 saturated heterocycles. The minimum atomic E-state index is -0.198. The summed E-state index contributed by atoms with van der Waals surface area (Å²) in [6, 6.07) is 8.23. The van der Waals surface area contributed by atoms with Crippen LogP contribution in [0.2, 0.25) is 0 Å². The van der Waals surface area contributed by atoms with Crippen molar-refractivity contribution in [3.63, 3.8) is 0 Å². The Hall–Kier alpha value is -1.57. The molecule has 0 N–H and O–H groups in total. The Kier molecular flexibility index (Phi) is 4.61. The third-order valence-electron chi connectivity index (χ3n) is 2.28.